The van der Waals surface area contributed by atoms with Gasteiger partial charge in [-0.1, -0.05) is 23.7 Å². The van der Waals surface area contributed by atoms with Gasteiger partial charge in [0.25, 0.3) is 5.56 Å². The molecule has 6 nitrogen and oxygen atoms in total. The average molecular weight is 548 g/mol. The van der Waals surface area contributed by atoms with E-state index in [-0.39, 0.29) is 11.7 Å². The highest BCUT2D eigenvalue weighted by molar-refractivity contribution is 7.22. The van der Waals surface area contributed by atoms with Gasteiger partial charge in [0.05, 0.1) is 11.2 Å². The molecule has 2 aromatic heterocycles. The van der Waals surface area contributed by atoms with Gasteiger partial charge in [-0.15, -0.1) is 11.3 Å². The van der Waals surface area contributed by atoms with Crippen LogP contribution in [-0.4, -0.2) is 51.9 Å². The Bertz CT molecular complexity index is 1480. The minimum absolute atomic E-state index is 0.0639. The Morgan fingerprint density at radius 1 is 0.921 bits per heavy atom. The summed E-state index contributed by atoms with van der Waals surface area (Å²) in [6, 6.07) is 19.4. The third-order valence-corrected chi connectivity index (χ3v) is 9.76. The van der Waals surface area contributed by atoms with Gasteiger partial charge in [0.15, 0.2) is 0 Å². The number of fused-ring (bicyclic) bond motifs is 3. The molecule has 4 aromatic rings. The highest BCUT2D eigenvalue weighted by Crippen LogP contribution is 2.40. The fraction of sp³-hybridized carbons (Fsp3) is 0.400. The maximum Gasteiger partial charge on any atom is 0.275 e. The molecule has 1 unspecified atom stereocenters. The molecule has 8 heteroatoms. The van der Waals surface area contributed by atoms with Crippen molar-refractivity contribution in [1.82, 2.24) is 14.5 Å². The number of benzene rings is 2. The van der Waals surface area contributed by atoms with Crippen LogP contribution in [-0.2, 0) is 4.74 Å². The molecule has 0 amide bonds. The number of piperidine rings is 1. The van der Waals surface area contributed by atoms with E-state index < -0.39 is 0 Å². The summed E-state index contributed by atoms with van der Waals surface area (Å²) in [4.78, 5) is 21.7. The second-order valence-electron chi connectivity index (χ2n) is 10.6. The molecule has 0 spiro atoms. The summed E-state index contributed by atoms with van der Waals surface area (Å²) < 4.78 is 14.3. The van der Waals surface area contributed by atoms with E-state index in [0.717, 1.165) is 60.8 Å². The van der Waals surface area contributed by atoms with Crippen LogP contribution in [0.2, 0.25) is 5.02 Å². The molecule has 0 N–H and O–H groups in total. The average Bonchev–Trinajstić information content (AvgIpc) is 3.50. The number of rotatable bonds is 5. The number of halogens is 1. The standard InChI is InChI=1S/C30H30ClN3O3S/c31-20-3-1-19(2-4-20)28-17-27-29(38-28)30(35)33(18-32-27)21-7-9-25(10-8-21)37-26-15-23-5-6-24(16-26)34(23)22-11-13-36-14-12-22/h1-4,7-10,17-18,22-24,26H,5-6,11-16H2/t23-,24+,26?. The minimum atomic E-state index is -0.0639. The molecule has 38 heavy (non-hydrogen) atoms. The lowest BCUT2D eigenvalue weighted by atomic mass is 9.94. The van der Waals surface area contributed by atoms with E-state index in [2.05, 4.69) is 9.88 Å². The second-order valence-corrected chi connectivity index (χ2v) is 12.1. The van der Waals surface area contributed by atoms with Crippen LogP contribution in [0.15, 0.2) is 65.7 Å². The van der Waals surface area contributed by atoms with Crippen molar-refractivity contribution in [1.29, 1.82) is 0 Å². The summed E-state index contributed by atoms with van der Waals surface area (Å²) in [5.41, 5.74) is 2.46. The SMILES string of the molecule is O=c1c2sc(-c3ccc(Cl)cc3)cc2ncn1-c1ccc(OC2C[C@H]3CC[C@@H](C2)N3C2CCOCC2)cc1. The number of ether oxygens (including phenoxy) is 2. The highest BCUT2D eigenvalue weighted by Gasteiger charge is 2.44. The van der Waals surface area contributed by atoms with Gasteiger partial charge >= 0.3 is 0 Å². The van der Waals surface area contributed by atoms with E-state index in [1.807, 2.05) is 54.6 Å². The van der Waals surface area contributed by atoms with Gasteiger partial charge in [-0.05, 0) is 86.6 Å². The van der Waals surface area contributed by atoms with E-state index in [0.29, 0.717) is 33.4 Å². The normalized spacial score (nSPS) is 24.2. The maximum atomic E-state index is 13.3. The molecule has 0 aliphatic carbocycles. The van der Waals surface area contributed by atoms with Gasteiger partial charge in [0, 0.05) is 41.2 Å². The Morgan fingerprint density at radius 2 is 1.63 bits per heavy atom. The van der Waals surface area contributed by atoms with Crippen LogP contribution >= 0.6 is 22.9 Å². The number of hydrogen-bond donors (Lipinski definition) is 0. The molecule has 2 aromatic carbocycles. The zero-order valence-corrected chi connectivity index (χ0v) is 22.7. The van der Waals surface area contributed by atoms with Gasteiger partial charge in [-0.2, -0.15) is 0 Å². The number of hydrogen-bond acceptors (Lipinski definition) is 6. The minimum Gasteiger partial charge on any atom is -0.490 e. The van der Waals surface area contributed by atoms with Crippen molar-refractivity contribution in [2.45, 2.75) is 62.8 Å². The molecular formula is C30H30ClN3O3S. The van der Waals surface area contributed by atoms with Crippen LogP contribution in [0.4, 0.5) is 0 Å². The zero-order valence-electron chi connectivity index (χ0n) is 21.1. The Kier molecular flexibility index (Phi) is 6.48. The maximum absolute atomic E-state index is 13.3. The van der Waals surface area contributed by atoms with Crippen molar-refractivity contribution in [3.63, 3.8) is 0 Å². The largest absolute Gasteiger partial charge is 0.490 e. The lowest BCUT2D eigenvalue weighted by Gasteiger charge is -2.44. The molecule has 0 saturated carbocycles. The molecular weight excluding hydrogens is 518 g/mol. The first-order valence-corrected chi connectivity index (χ1v) is 14.7. The number of thiophene rings is 1. The predicted octanol–water partition coefficient (Wildman–Crippen LogP) is 6.32. The van der Waals surface area contributed by atoms with Crippen LogP contribution in [0, 0.1) is 0 Å². The Balaban J connectivity index is 1.06. The molecule has 5 heterocycles. The monoisotopic (exact) mass is 547 g/mol. The lowest BCUT2D eigenvalue weighted by Crippen LogP contribution is -2.52. The molecule has 3 aliphatic heterocycles. The summed E-state index contributed by atoms with van der Waals surface area (Å²) in [7, 11) is 0. The van der Waals surface area contributed by atoms with E-state index in [4.69, 9.17) is 21.1 Å². The Labute approximate surface area is 230 Å². The molecule has 0 radical (unpaired) electrons. The molecule has 3 saturated heterocycles. The van der Waals surface area contributed by atoms with Crippen molar-refractivity contribution in [2.75, 3.05) is 13.2 Å². The molecule has 7 rings (SSSR count). The first kappa shape index (κ1) is 24.3. The summed E-state index contributed by atoms with van der Waals surface area (Å²) in [6.07, 6.45) is 8.91. The summed E-state index contributed by atoms with van der Waals surface area (Å²) >= 11 is 7.49. The fourth-order valence-electron chi connectivity index (χ4n) is 6.57. The second kappa shape index (κ2) is 10.1. The van der Waals surface area contributed by atoms with Crippen LogP contribution in [0.1, 0.15) is 38.5 Å². The van der Waals surface area contributed by atoms with Crippen LogP contribution < -0.4 is 10.3 Å². The molecule has 3 fully saturated rings. The quantitative estimate of drug-likeness (QED) is 0.292. The van der Waals surface area contributed by atoms with Crippen molar-refractivity contribution < 1.29 is 9.47 Å². The van der Waals surface area contributed by atoms with Crippen molar-refractivity contribution in [3.8, 4) is 21.9 Å². The van der Waals surface area contributed by atoms with E-state index in [1.54, 1.807) is 10.9 Å². The number of aromatic nitrogens is 2. The summed E-state index contributed by atoms with van der Waals surface area (Å²) in [6.45, 7) is 1.79. The topological polar surface area (TPSA) is 56.6 Å². The lowest BCUT2D eigenvalue weighted by molar-refractivity contribution is -0.0237. The first-order chi connectivity index (χ1) is 18.6. The first-order valence-electron chi connectivity index (χ1n) is 13.5. The number of nitrogens with zero attached hydrogens (tertiary/aromatic N) is 3. The third kappa shape index (κ3) is 4.56. The molecule has 2 bridgehead atoms. The van der Waals surface area contributed by atoms with Crippen molar-refractivity contribution >= 4 is 33.2 Å². The zero-order chi connectivity index (χ0) is 25.6. The Morgan fingerprint density at radius 3 is 2.34 bits per heavy atom. The molecule has 3 atom stereocenters. The van der Waals surface area contributed by atoms with Crippen LogP contribution in [0.25, 0.3) is 26.3 Å². The van der Waals surface area contributed by atoms with Gasteiger partial charge in [-0.3, -0.25) is 14.3 Å². The van der Waals surface area contributed by atoms with E-state index >= 15 is 0 Å². The smallest absolute Gasteiger partial charge is 0.275 e. The van der Waals surface area contributed by atoms with Crippen molar-refractivity contribution in [2.24, 2.45) is 0 Å². The third-order valence-electron chi connectivity index (χ3n) is 8.34. The van der Waals surface area contributed by atoms with Crippen LogP contribution in [0.5, 0.6) is 5.75 Å². The van der Waals surface area contributed by atoms with Gasteiger partial charge in [-0.25, -0.2) is 4.98 Å². The summed E-state index contributed by atoms with van der Waals surface area (Å²) in [5.74, 6) is 0.862. The Hall–Kier alpha value is -2.71. The van der Waals surface area contributed by atoms with Gasteiger partial charge in [0.1, 0.15) is 22.9 Å². The van der Waals surface area contributed by atoms with Crippen molar-refractivity contribution in [3.05, 3.63) is 76.3 Å². The fourth-order valence-corrected chi connectivity index (χ4v) is 7.74. The highest BCUT2D eigenvalue weighted by atomic mass is 35.5. The van der Waals surface area contributed by atoms with Gasteiger partial charge < -0.3 is 9.47 Å². The van der Waals surface area contributed by atoms with E-state index in [9.17, 15) is 4.79 Å². The molecule has 196 valence electrons. The van der Waals surface area contributed by atoms with Gasteiger partial charge in [0.2, 0.25) is 0 Å². The van der Waals surface area contributed by atoms with Crippen LogP contribution in [0.3, 0.4) is 0 Å². The summed E-state index contributed by atoms with van der Waals surface area (Å²) in [5, 5.41) is 0.690. The van der Waals surface area contributed by atoms with E-state index in [1.165, 1.54) is 24.2 Å². The molecule has 3 aliphatic rings. The predicted molar refractivity (Wildman–Crippen MR) is 152 cm³/mol.